The van der Waals surface area contributed by atoms with Gasteiger partial charge in [-0.05, 0) is 68.2 Å². The molecule has 40 heavy (non-hydrogen) atoms. The van der Waals surface area contributed by atoms with Gasteiger partial charge >= 0.3 is 0 Å². The molecule has 0 aliphatic rings. The summed E-state index contributed by atoms with van der Waals surface area (Å²) in [6.07, 6.45) is 16.3. The zero-order valence-electron chi connectivity index (χ0n) is 25.5. The summed E-state index contributed by atoms with van der Waals surface area (Å²) in [5.74, 6) is 2.58. The van der Waals surface area contributed by atoms with Crippen molar-refractivity contribution in [1.29, 1.82) is 0 Å². The Balaban J connectivity index is 2.27. The van der Waals surface area contributed by atoms with Crippen LogP contribution in [0.3, 0.4) is 0 Å². The number of hydrogen-bond donors (Lipinski definition) is 0. The number of benzene rings is 2. The fraction of sp³-hybridized carbons (Fsp3) is 0.571. The van der Waals surface area contributed by atoms with E-state index in [9.17, 15) is 4.79 Å². The van der Waals surface area contributed by atoms with Crippen molar-refractivity contribution in [2.45, 2.75) is 105 Å². The number of allylic oxidation sites excluding steroid dienone is 1. The third-order valence-corrected chi connectivity index (χ3v) is 6.66. The molecule has 0 saturated heterocycles. The topological polar surface area (TPSA) is 54.0 Å². The molecule has 0 bridgehead atoms. The van der Waals surface area contributed by atoms with Crippen LogP contribution in [0.15, 0.2) is 42.5 Å². The lowest BCUT2D eigenvalue weighted by atomic mass is 10.1. The number of ketones is 1. The Bertz CT molecular complexity index is 997. The minimum absolute atomic E-state index is 0.129. The molecular formula is C35H52O5. The highest BCUT2D eigenvalue weighted by atomic mass is 16.5. The van der Waals surface area contributed by atoms with E-state index >= 15 is 0 Å². The van der Waals surface area contributed by atoms with Gasteiger partial charge < -0.3 is 18.9 Å². The Morgan fingerprint density at radius 2 is 1.18 bits per heavy atom. The Kier molecular flexibility index (Phi) is 17.4. The van der Waals surface area contributed by atoms with Gasteiger partial charge in [0.05, 0.1) is 32.0 Å². The van der Waals surface area contributed by atoms with Crippen molar-refractivity contribution in [3.05, 3.63) is 53.6 Å². The summed E-state index contributed by atoms with van der Waals surface area (Å²) >= 11 is 0. The Labute approximate surface area is 243 Å². The first-order valence-electron chi connectivity index (χ1n) is 15.6. The maximum atomic E-state index is 13.5. The number of carbonyl (C=O) groups is 1. The summed E-state index contributed by atoms with van der Waals surface area (Å²) < 4.78 is 24.3. The lowest BCUT2D eigenvalue weighted by Gasteiger charge is -2.15. The Morgan fingerprint density at radius 1 is 0.625 bits per heavy atom. The average Bonchev–Trinajstić information content (AvgIpc) is 2.97. The van der Waals surface area contributed by atoms with Gasteiger partial charge in [0, 0.05) is 5.56 Å². The maximum absolute atomic E-state index is 13.5. The summed E-state index contributed by atoms with van der Waals surface area (Å²) in [5.41, 5.74) is 1.34. The van der Waals surface area contributed by atoms with Crippen LogP contribution in [0.25, 0.3) is 6.08 Å². The number of carbonyl (C=O) groups excluding carboxylic acids is 1. The fourth-order valence-electron chi connectivity index (χ4n) is 4.24. The third kappa shape index (κ3) is 12.5. The van der Waals surface area contributed by atoms with Crippen LogP contribution in [0.4, 0.5) is 0 Å². The minimum atomic E-state index is -0.129. The molecule has 0 atom stereocenters. The lowest BCUT2D eigenvalue weighted by molar-refractivity contribution is 0.104. The molecule has 0 amide bonds. The van der Waals surface area contributed by atoms with E-state index in [0.29, 0.717) is 43.5 Å². The van der Waals surface area contributed by atoms with Crippen molar-refractivity contribution in [1.82, 2.24) is 0 Å². The van der Waals surface area contributed by atoms with Crippen molar-refractivity contribution < 1.29 is 23.7 Å². The molecule has 0 saturated carbocycles. The summed E-state index contributed by atoms with van der Waals surface area (Å²) in [6.45, 7) is 11.2. The molecular weight excluding hydrogens is 500 g/mol. The highest BCUT2D eigenvalue weighted by molar-refractivity contribution is 6.09. The van der Waals surface area contributed by atoms with Gasteiger partial charge in [-0.1, -0.05) is 85.1 Å². The van der Waals surface area contributed by atoms with Gasteiger partial charge in [0.15, 0.2) is 17.3 Å². The molecule has 0 unspecified atom stereocenters. The number of ether oxygens (including phenoxy) is 4. The van der Waals surface area contributed by atoms with Crippen LogP contribution in [-0.2, 0) is 0 Å². The number of para-hydroxylation sites is 1. The first-order valence-corrected chi connectivity index (χ1v) is 15.6. The first kappa shape index (κ1) is 33.3. The normalized spacial score (nSPS) is 11.1. The van der Waals surface area contributed by atoms with Crippen LogP contribution in [-0.4, -0.2) is 32.2 Å². The van der Waals surface area contributed by atoms with Crippen LogP contribution in [0.5, 0.6) is 23.0 Å². The van der Waals surface area contributed by atoms with Crippen molar-refractivity contribution in [3.8, 4) is 23.0 Å². The molecule has 5 heteroatoms. The van der Waals surface area contributed by atoms with E-state index in [0.717, 1.165) is 94.1 Å². The van der Waals surface area contributed by atoms with Gasteiger partial charge in [-0.15, -0.1) is 0 Å². The summed E-state index contributed by atoms with van der Waals surface area (Å²) in [4.78, 5) is 13.5. The number of hydrogen-bond acceptors (Lipinski definition) is 5. The SMILES string of the molecule is CCCCCOc1ccc(OCCCCC)c(C=CC(=O)c2cccc(OCCCCC)c2OCCCCC)c1. The molecule has 0 N–H and O–H groups in total. The van der Waals surface area contributed by atoms with Crippen molar-refractivity contribution >= 4 is 11.9 Å². The van der Waals surface area contributed by atoms with Crippen molar-refractivity contribution in [3.63, 3.8) is 0 Å². The van der Waals surface area contributed by atoms with Crippen molar-refractivity contribution in [2.24, 2.45) is 0 Å². The largest absolute Gasteiger partial charge is 0.494 e. The van der Waals surface area contributed by atoms with Gasteiger partial charge in [-0.25, -0.2) is 0 Å². The highest BCUT2D eigenvalue weighted by Crippen LogP contribution is 2.33. The first-order chi connectivity index (χ1) is 19.6. The molecule has 0 spiro atoms. The second kappa shape index (κ2) is 20.9. The quantitative estimate of drug-likeness (QED) is 0.0780. The standard InChI is InChI=1S/C35H52O5/c1-5-9-13-24-37-30-21-23-33(38-25-14-10-6-2)29(28-30)20-22-32(36)31-18-17-19-34(39-26-15-11-7-3)35(31)40-27-16-12-8-4/h17-23,28H,5-16,24-27H2,1-4H3. The zero-order chi connectivity index (χ0) is 28.8. The molecule has 0 aliphatic heterocycles. The predicted molar refractivity (Wildman–Crippen MR) is 166 cm³/mol. The van der Waals surface area contributed by atoms with E-state index in [1.807, 2.05) is 42.5 Å². The van der Waals surface area contributed by atoms with Crippen LogP contribution in [0.1, 0.15) is 121 Å². The lowest BCUT2D eigenvalue weighted by Crippen LogP contribution is -2.07. The number of unbranched alkanes of at least 4 members (excludes halogenated alkanes) is 8. The Hall–Kier alpha value is -2.95. The van der Waals surface area contributed by atoms with Crippen LogP contribution in [0, 0.1) is 0 Å². The second-order valence-corrected chi connectivity index (χ2v) is 10.3. The van der Waals surface area contributed by atoms with E-state index < -0.39 is 0 Å². The maximum Gasteiger partial charge on any atom is 0.189 e. The smallest absolute Gasteiger partial charge is 0.189 e. The zero-order valence-corrected chi connectivity index (χ0v) is 25.5. The van der Waals surface area contributed by atoms with E-state index in [-0.39, 0.29) is 5.78 Å². The van der Waals surface area contributed by atoms with E-state index in [1.165, 1.54) is 0 Å². The third-order valence-electron chi connectivity index (χ3n) is 6.66. The van der Waals surface area contributed by atoms with E-state index in [1.54, 1.807) is 6.08 Å². The van der Waals surface area contributed by atoms with Gasteiger partial charge in [-0.3, -0.25) is 4.79 Å². The fourth-order valence-corrected chi connectivity index (χ4v) is 4.24. The molecule has 0 aliphatic carbocycles. The minimum Gasteiger partial charge on any atom is -0.494 e. The molecule has 222 valence electrons. The molecule has 2 aromatic carbocycles. The van der Waals surface area contributed by atoms with Crippen LogP contribution in [0.2, 0.25) is 0 Å². The van der Waals surface area contributed by atoms with Gasteiger partial charge in [0.1, 0.15) is 11.5 Å². The molecule has 5 nitrogen and oxygen atoms in total. The molecule has 2 rings (SSSR count). The monoisotopic (exact) mass is 552 g/mol. The molecule has 0 heterocycles. The number of rotatable bonds is 23. The summed E-state index contributed by atoms with van der Waals surface area (Å²) in [5, 5.41) is 0. The van der Waals surface area contributed by atoms with E-state index in [4.69, 9.17) is 18.9 Å². The average molecular weight is 553 g/mol. The van der Waals surface area contributed by atoms with Gasteiger partial charge in [0.2, 0.25) is 0 Å². The van der Waals surface area contributed by atoms with Crippen molar-refractivity contribution in [2.75, 3.05) is 26.4 Å². The summed E-state index contributed by atoms with van der Waals surface area (Å²) in [7, 11) is 0. The van der Waals surface area contributed by atoms with E-state index in [2.05, 4.69) is 27.7 Å². The van der Waals surface area contributed by atoms with Gasteiger partial charge in [-0.2, -0.15) is 0 Å². The van der Waals surface area contributed by atoms with Crippen LogP contribution < -0.4 is 18.9 Å². The Morgan fingerprint density at radius 3 is 1.77 bits per heavy atom. The molecule has 2 aromatic rings. The predicted octanol–water partition coefficient (Wildman–Crippen LogP) is 9.86. The molecule has 0 fully saturated rings. The second-order valence-electron chi connectivity index (χ2n) is 10.3. The summed E-state index contributed by atoms with van der Waals surface area (Å²) in [6, 6.07) is 11.4. The van der Waals surface area contributed by atoms with Gasteiger partial charge in [0.25, 0.3) is 0 Å². The van der Waals surface area contributed by atoms with Crippen LogP contribution >= 0.6 is 0 Å². The highest BCUT2D eigenvalue weighted by Gasteiger charge is 2.16. The molecule has 0 aromatic heterocycles. The molecule has 0 radical (unpaired) electrons.